The van der Waals surface area contributed by atoms with Crippen LogP contribution in [-0.4, -0.2) is 23.4 Å². The lowest BCUT2D eigenvalue weighted by Crippen LogP contribution is -2.67. The van der Waals surface area contributed by atoms with Crippen LogP contribution in [0.2, 0.25) is 0 Å². The van der Waals surface area contributed by atoms with Crippen molar-refractivity contribution in [2.75, 3.05) is 5.32 Å². The molecule has 0 radical (unpaired) electrons. The quantitative estimate of drug-likeness (QED) is 0.801. The summed E-state index contributed by atoms with van der Waals surface area (Å²) >= 11 is 0. The number of nitrogens with one attached hydrogen (secondary N) is 2. The molecule has 0 saturated carbocycles. The molecule has 0 spiro atoms. The number of anilines is 1. The third kappa shape index (κ3) is 3.45. The van der Waals surface area contributed by atoms with Crippen LogP contribution in [0.1, 0.15) is 20.8 Å². The Bertz CT molecular complexity index is 530. The van der Waals surface area contributed by atoms with Crippen molar-refractivity contribution in [1.82, 2.24) is 5.32 Å². The minimum atomic E-state index is -4.00. The number of alkyl halides is 4. The van der Waals surface area contributed by atoms with Crippen LogP contribution in [-0.2, 0) is 0 Å². The van der Waals surface area contributed by atoms with Gasteiger partial charge >= 0.3 is 6.03 Å². The number of hydrogen-bond acceptors (Lipinski definition) is 1. The first kappa shape index (κ1) is 18.1. The number of halogens is 6. The maximum atomic E-state index is 13.5. The maximum absolute atomic E-state index is 13.5. The lowest BCUT2D eigenvalue weighted by Gasteiger charge is -2.40. The van der Waals surface area contributed by atoms with Crippen molar-refractivity contribution in [3.05, 3.63) is 29.8 Å². The lowest BCUT2D eigenvalue weighted by atomic mass is 9.88. The Balaban J connectivity index is 3.04. The second-order valence-corrected chi connectivity index (χ2v) is 5.08. The SMILES string of the molecule is CC(F)(F)C(C)(NC(=O)Nc1c(F)cccc1F)C(C)(F)F. The third-order valence-electron chi connectivity index (χ3n) is 3.32. The highest BCUT2D eigenvalue weighted by Crippen LogP contribution is 2.40. The zero-order chi connectivity index (χ0) is 17.3. The summed E-state index contributed by atoms with van der Waals surface area (Å²) in [6, 6.07) is 1.04. The fourth-order valence-corrected chi connectivity index (χ4v) is 1.59. The standard InChI is InChI=1S/C13H14F6N2O/c1-11(12(2,16)17,13(3,18)19)21-10(22)20-9-7(14)5-4-6-8(9)15/h4-6H,1-3H3,(H2,20,21,22). The molecule has 0 atom stereocenters. The van der Waals surface area contributed by atoms with Crippen molar-refractivity contribution in [3.63, 3.8) is 0 Å². The van der Waals surface area contributed by atoms with E-state index in [0.29, 0.717) is 6.92 Å². The van der Waals surface area contributed by atoms with Crippen LogP contribution in [0.4, 0.5) is 36.8 Å². The van der Waals surface area contributed by atoms with Crippen LogP contribution in [0.5, 0.6) is 0 Å². The molecule has 9 heteroatoms. The summed E-state index contributed by atoms with van der Waals surface area (Å²) in [6.07, 6.45) is 0. The van der Waals surface area contributed by atoms with E-state index < -0.39 is 40.7 Å². The number of carbonyl (C=O) groups excluding carboxylic acids is 1. The van der Waals surface area contributed by atoms with Crippen molar-refractivity contribution in [2.45, 2.75) is 38.2 Å². The minimum Gasteiger partial charge on any atom is -0.321 e. The molecule has 0 aliphatic heterocycles. The molecular weight excluding hydrogens is 314 g/mol. The number of benzene rings is 1. The molecule has 2 amide bonds. The van der Waals surface area contributed by atoms with E-state index in [4.69, 9.17) is 0 Å². The summed E-state index contributed by atoms with van der Waals surface area (Å²) in [6.45, 7) is 0.840. The van der Waals surface area contributed by atoms with Crippen LogP contribution in [0.3, 0.4) is 0 Å². The topological polar surface area (TPSA) is 41.1 Å². The Labute approximate surface area is 122 Å². The second kappa shape index (κ2) is 5.69. The van der Waals surface area contributed by atoms with Crippen molar-refractivity contribution < 1.29 is 31.1 Å². The Hall–Kier alpha value is -1.93. The summed E-state index contributed by atoms with van der Waals surface area (Å²) in [4.78, 5) is 11.6. The van der Waals surface area contributed by atoms with Gasteiger partial charge in [0.15, 0.2) is 5.54 Å². The molecular formula is C13H14F6N2O. The first-order chi connectivity index (χ1) is 9.79. The predicted molar refractivity (Wildman–Crippen MR) is 68.2 cm³/mol. The molecule has 2 N–H and O–H groups in total. The fraction of sp³-hybridized carbons (Fsp3) is 0.462. The van der Waals surface area contributed by atoms with Gasteiger partial charge in [-0.3, -0.25) is 0 Å². The highest BCUT2D eigenvalue weighted by Gasteiger charge is 2.61. The van der Waals surface area contributed by atoms with Gasteiger partial charge in [-0.1, -0.05) is 6.07 Å². The molecule has 1 aromatic rings. The first-order valence-electron chi connectivity index (χ1n) is 6.08. The highest BCUT2D eigenvalue weighted by molar-refractivity contribution is 5.90. The van der Waals surface area contributed by atoms with E-state index in [1.165, 1.54) is 5.32 Å². The summed E-state index contributed by atoms with van der Waals surface area (Å²) in [7, 11) is 0. The molecule has 0 heterocycles. The summed E-state index contributed by atoms with van der Waals surface area (Å²) < 4.78 is 80.5. The molecule has 124 valence electrons. The molecule has 0 saturated heterocycles. The molecule has 0 bridgehead atoms. The number of amides is 2. The maximum Gasteiger partial charge on any atom is 0.320 e. The largest absolute Gasteiger partial charge is 0.321 e. The predicted octanol–water partition coefficient (Wildman–Crippen LogP) is 4.16. The van der Waals surface area contributed by atoms with E-state index in [1.807, 2.05) is 0 Å². The van der Waals surface area contributed by atoms with Gasteiger partial charge in [-0.15, -0.1) is 0 Å². The van der Waals surface area contributed by atoms with Gasteiger partial charge in [0.25, 0.3) is 11.8 Å². The number of urea groups is 1. The second-order valence-electron chi connectivity index (χ2n) is 5.08. The van der Waals surface area contributed by atoms with Crippen LogP contribution in [0.15, 0.2) is 18.2 Å². The molecule has 1 aromatic carbocycles. The number of hydrogen-bond donors (Lipinski definition) is 2. The molecule has 0 aliphatic carbocycles. The smallest absolute Gasteiger partial charge is 0.320 e. The normalized spacial score (nSPS) is 13.0. The monoisotopic (exact) mass is 328 g/mol. The Morgan fingerprint density at radius 3 is 1.73 bits per heavy atom. The van der Waals surface area contributed by atoms with Crippen LogP contribution >= 0.6 is 0 Å². The summed E-state index contributed by atoms with van der Waals surface area (Å²) in [5, 5.41) is 3.00. The lowest BCUT2D eigenvalue weighted by molar-refractivity contribution is -0.173. The summed E-state index contributed by atoms with van der Waals surface area (Å²) in [5.41, 5.74) is -4.19. The van der Waals surface area contributed by atoms with Gasteiger partial charge in [-0.25, -0.2) is 31.1 Å². The molecule has 0 fully saturated rings. The van der Waals surface area contributed by atoms with Gasteiger partial charge in [0.05, 0.1) is 0 Å². The fourth-order valence-electron chi connectivity index (χ4n) is 1.59. The van der Waals surface area contributed by atoms with Gasteiger partial charge in [0, 0.05) is 13.8 Å². The van der Waals surface area contributed by atoms with Crippen molar-refractivity contribution in [1.29, 1.82) is 0 Å². The van der Waals surface area contributed by atoms with Crippen molar-refractivity contribution in [3.8, 4) is 0 Å². The first-order valence-corrected chi connectivity index (χ1v) is 6.08. The Kier molecular flexibility index (Phi) is 4.69. The minimum absolute atomic E-state index is 0.203. The van der Waals surface area contributed by atoms with Crippen LogP contribution in [0.25, 0.3) is 0 Å². The average molecular weight is 328 g/mol. The Morgan fingerprint density at radius 2 is 1.36 bits per heavy atom. The highest BCUT2D eigenvalue weighted by atomic mass is 19.3. The number of para-hydroxylation sites is 1. The van der Waals surface area contributed by atoms with Gasteiger partial charge in [0.2, 0.25) is 0 Å². The zero-order valence-electron chi connectivity index (χ0n) is 11.9. The van der Waals surface area contributed by atoms with Gasteiger partial charge < -0.3 is 10.6 Å². The number of carbonyl (C=O) groups is 1. The molecule has 3 nitrogen and oxygen atoms in total. The van der Waals surface area contributed by atoms with E-state index >= 15 is 0 Å². The average Bonchev–Trinajstić information content (AvgIpc) is 2.31. The van der Waals surface area contributed by atoms with Crippen molar-refractivity contribution >= 4 is 11.7 Å². The van der Waals surface area contributed by atoms with E-state index in [1.54, 1.807) is 5.32 Å². The van der Waals surface area contributed by atoms with Crippen molar-refractivity contribution in [2.24, 2.45) is 0 Å². The summed E-state index contributed by atoms with van der Waals surface area (Å²) in [5.74, 6) is -10.4. The molecule has 0 aromatic heterocycles. The molecule has 0 unspecified atom stereocenters. The van der Waals surface area contributed by atoms with E-state index in [-0.39, 0.29) is 13.8 Å². The number of rotatable bonds is 4. The van der Waals surface area contributed by atoms with Gasteiger partial charge in [-0.05, 0) is 19.1 Å². The van der Waals surface area contributed by atoms with Crippen LogP contribution < -0.4 is 10.6 Å². The zero-order valence-corrected chi connectivity index (χ0v) is 11.9. The Morgan fingerprint density at radius 1 is 0.955 bits per heavy atom. The molecule has 0 aliphatic rings. The third-order valence-corrected chi connectivity index (χ3v) is 3.32. The molecule has 1 rings (SSSR count). The van der Waals surface area contributed by atoms with E-state index in [2.05, 4.69) is 0 Å². The molecule has 22 heavy (non-hydrogen) atoms. The van der Waals surface area contributed by atoms with Gasteiger partial charge in [0.1, 0.15) is 17.3 Å². The van der Waals surface area contributed by atoms with E-state index in [9.17, 15) is 31.1 Å². The van der Waals surface area contributed by atoms with E-state index in [0.717, 1.165) is 18.2 Å². The van der Waals surface area contributed by atoms with Gasteiger partial charge in [-0.2, -0.15) is 0 Å². The van der Waals surface area contributed by atoms with Crippen LogP contribution in [0, 0.1) is 11.6 Å².